The molecule has 3 rings (SSSR count). The molecule has 0 atom stereocenters. The smallest absolute Gasteiger partial charge is 0.255 e. The zero-order valence-electron chi connectivity index (χ0n) is 15.1. The van der Waals surface area contributed by atoms with Gasteiger partial charge in [0, 0.05) is 17.1 Å². The number of methoxy groups -OCH3 is 2. The Morgan fingerprint density at radius 2 is 1.85 bits per heavy atom. The van der Waals surface area contributed by atoms with Crippen molar-refractivity contribution >= 4 is 17.5 Å². The Bertz CT molecular complexity index is 922. The summed E-state index contributed by atoms with van der Waals surface area (Å²) in [5.41, 5.74) is 2.98. The Morgan fingerprint density at radius 3 is 2.56 bits per heavy atom. The van der Waals surface area contributed by atoms with Gasteiger partial charge in [-0.3, -0.25) is 9.89 Å². The molecular weight excluding hydrogens is 366 g/mol. The van der Waals surface area contributed by atoms with Crippen LogP contribution in [-0.2, 0) is 6.42 Å². The number of aromatic amines is 1. The van der Waals surface area contributed by atoms with Crippen LogP contribution < -0.4 is 14.8 Å². The van der Waals surface area contributed by atoms with Crippen molar-refractivity contribution in [3.63, 3.8) is 0 Å². The molecule has 0 saturated carbocycles. The van der Waals surface area contributed by atoms with E-state index in [0.29, 0.717) is 40.7 Å². The van der Waals surface area contributed by atoms with Gasteiger partial charge in [-0.15, -0.1) is 0 Å². The van der Waals surface area contributed by atoms with E-state index in [0.717, 1.165) is 11.1 Å². The van der Waals surface area contributed by atoms with Crippen molar-refractivity contribution in [1.82, 2.24) is 15.5 Å². The van der Waals surface area contributed by atoms with Crippen molar-refractivity contribution in [2.75, 3.05) is 20.8 Å². The Labute approximate surface area is 162 Å². The molecule has 0 bridgehead atoms. The van der Waals surface area contributed by atoms with E-state index in [-0.39, 0.29) is 5.91 Å². The first kappa shape index (κ1) is 18.8. The molecule has 0 fully saturated rings. The molecule has 27 heavy (non-hydrogen) atoms. The summed E-state index contributed by atoms with van der Waals surface area (Å²) >= 11 is 5.88. The number of ether oxygens (including phenoxy) is 2. The van der Waals surface area contributed by atoms with E-state index in [2.05, 4.69) is 15.5 Å². The number of rotatable bonds is 7. The molecule has 3 aromatic rings. The third-order valence-corrected chi connectivity index (χ3v) is 4.42. The second kappa shape index (κ2) is 8.60. The molecule has 0 unspecified atom stereocenters. The Balaban J connectivity index is 1.70. The molecule has 0 aliphatic rings. The minimum absolute atomic E-state index is 0.192. The number of nitrogens with one attached hydrogen (secondary N) is 2. The second-order valence-electron chi connectivity index (χ2n) is 5.86. The van der Waals surface area contributed by atoms with Crippen molar-refractivity contribution in [3.05, 3.63) is 64.8 Å². The summed E-state index contributed by atoms with van der Waals surface area (Å²) in [6.45, 7) is 0.511. The van der Waals surface area contributed by atoms with Crippen LogP contribution in [0.2, 0.25) is 5.02 Å². The van der Waals surface area contributed by atoms with Crippen LogP contribution in [0.1, 0.15) is 15.9 Å². The van der Waals surface area contributed by atoms with Crippen LogP contribution >= 0.6 is 11.6 Å². The van der Waals surface area contributed by atoms with Crippen molar-refractivity contribution in [1.29, 1.82) is 0 Å². The summed E-state index contributed by atoms with van der Waals surface area (Å²) in [5.74, 6) is 1.01. The number of carbonyl (C=O) groups is 1. The normalized spacial score (nSPS) is 10.5. The Morgan fingerprint density at radius 1 is 1.11 bits per heavy atom. The topological polar surface area (TPSA) is 76.2 Å². The van der Waals surface area contributed by atoms with Crippen molar-refractivity contribution in [2.24, 2.45) is 0 Å². The van der Waals surface area contributed by atoms with Gasteiger partial charge in [-0.2, -0.15) is 5.10 Å². The summed E-state index contributed by atoms with van der Waals surface area (Å²) in [4.78, 5) is 12.6. The molecule has 1 aromatic heterocycles. The van der Waals surface area contributed by atoms with E-state index < -0.39 is 0 Å². The molecular formula is C20H20ClN3O3. The third kappa shape index (κ3) is 4.41. The molecule has 2 N–H and O–H groups in total. The van der Waals surface area contributed by atoms with Crippen LogP contribution in [-0.4, -0.2) is 36.9 Å². The average molecular weight is 386 g/mol. The zero-order chi connectivity index (χ0) is 19.2. The number of halogens is 1. The molecule has 6 nitrogen and oxygen atoms in total. The molecule has 1 amide bonds. The summed E-state index contributed by atoms with van der Waals surface area (Å²) in [6, 6.07) is 13.0. The lowest BCUT2D eigenvalue weighted by molar-refractivity contribution is 0.0955. The van der Waals surface area contributed by atoms with Gasteiger partial charge in [-0.1, -0.05) is 23.7 Å². The number of hydrogen-bond acceptors (Lipinski definition) is 4. The van der Waals surface area contributed by atoms with Gasteiger partial charge in [0.1, 0.15) is 0 Å². The fourth-order valence-corrected chi connectivity index (χ4v) is 2.86. The van der Waals surface area contributed by atoms with Gasteiger partial charge in [0.25, 0.3) is 5.91 Å². The first-order chi connectivity index (χ1) is 13.1. The fraction of sp³-hybridized carbons (Fsp3) is 0.200. The number of nitrogens with zero attached hydrogens (tertiary/aromatic N) is 1. The molecule has 2 aromatic carbocycles. The minimum atomic E-state index is -0.192. The van der Waals surface area contributed by atoms with Gasteiger partial charge in [0.15, 0.2) is 11.5 Å². The minimum Gasteiger partial charge on any atom is -0.493 e. The lowest BCUT2D eigenvalue weighted by Crippen LogP contribution is -2.25. The Hall–Kier alpha value is -2.99. The second-order valence-corrected chi connectivity index (χ2v) is 6.30. The van der Waals surface area contributed by atoms with E-state index in [9.17, 15) is 4.79 Å². The van der Waals surface area contributed by atoms with Gasteiger partial charge < -0.3 is 14.8 Å². The van der Waals surface area contributed by atoms with Crippen LogP contribution in [0.4, 0.5) is 0 Å². The lowest BCUT2D eigenvalue weighted by Gasteiger charge is -2.10. The van der Waals surface area contributed by atoms with E-state index in [1.807, 2.05) is 30.3 Å². The number of amides is 1. The SMILES string of the molecule is COc1ccc(-c2[nH]ncc2C(=O)NCCc2ccc(Cl)cc2)cc1OC. The number of H-pyrrole nitrogens is 1. The van der Waals surface area contributed by atoms with Crippen LogP contribution in [0.15, 0.2) is 48.7 Å². The molecule has 140 valence electrons. The highest BCUT2D eigenvalue weighted by Crippen LogP contribution is 2.32. The highest BCUT2D eigenvalue weighted by atomic mass is 35.5. The molecule has 0 spiro atoms. The molecule has 0 saturated heterocycles. The predicted molar refractivity (Wildman–Crippen MR) is 105 cm³/mol. The van der Waals surface area contributed by atoms with Crippen molar-refractivity contribution < 1.29 is 14.3 Å². The van der Waals surface area contributed by atoms with E-state index in [1.165, 1.54) is 6.20 Å². The van der Waals surface area contributed by atoms with E-state index in [4.69, 9.17) is 21.1 Å². The quantitative estimate of drug-likeness (QED) is 0.649. The molecule has 7 heteroatoms. The maximum Gasteiger partial charge on any atom is 0.255 e. The van der Waals surface area contributed by atoms with Crippen LogP contribution in [0.5, 0.6) is 11.5 Å². The summed E-state index contributed by atoms with van der Waals surface area (Å²) in [6.07, 6.45) is 2.23. The third-order valence-electron chi connectivity index (χ3n) is 4.17. The first-order valence-electron chi connectivity index (χ1n) is 8.40. The van der Waals surface area contributed by atoms with E-state index >= 15 is 0 Å². The zero-order valence-corrected chi connectivity index (χ0v) is 15.8. The molecule has 0 aliphatic heterocycles. The number of hydrogen-bond donors (Lipinski definition) is 2. The first-order valence-corrected chi connectivity index (χ1v) is 8.78. The van der Waals surface area contributed by atoms with Gasteiger partial charge in [0.2, 0.25) is 0 Å². The van der Waals surface area contributed by atoms with Gasteiger partial charge in [-0.25, -0.2) is 0 Å². The predicted octanol–water partition coefficient (Wildman–Crippen LogP) is 3.72. The Kier molecular flexibility index (Phi) is 5.98. The van der Waals surface area contributed by atoms with Gasteiger partial charge in [0.05, 0.1) is 31.7 Å². The number of benzene rings is 2. The number of carbonyl (C=O) groups excluding carboxylic acids is 1. The molecule has 1 heterocycles. The highest BCUT2D eigenvalue weighted by molar-refractivity contribution is 6.30. The standard InChI is InChI=1S/C20H20ClN3O3/c1-26-17-8-5-14(11-18(17)27-2)19-16(12-23-24-19)20(25)22-10-9-13-3-6-15(21)7-4-13/h3-8,11-12H,9-10H2,1-2H3,(H,22,25)(H,23,24). The molecule has 0 radical (unpaired) electrons. The van der Waals surface area contributed by atoms with Crippen LogP contribution in [0.25, 0.3) is 11.3 Å². The lowest BCUT2D eigenvalue weighted by atomic mass is 10.1. The van der Waals surface area contributed by atoms with Crippen LogP contribution in [0.3, 0.4) is 0 Å². The largest absolute Gasteiger partial charge is 0.493 e. The highest BCUT2D eigenvalue weighted by Gasteiger charge is 2.16. The maximum atomic E-state index is 12.6. The fourth-order valence-electron chi connectivity index (χ4n) is 2.74. The summed E-state index contributed by atoms with van der Waals surface area (Å²) < 4.78 is 10.6. The van der Waals surface area contributed by atoms with E-state index in [1.54, 1.807) is 26.4 Å². The number of aromatic nitrogens is 2. The van der Waals surface area contributed by atoms with Crippen LogP contribution in [0, 0.1) is 0 Å². The van der Waals surface area contributed by atoms with Gasteiger partial charge in [-0.05, 0) is 42.3 Å². The maximum absolute atomic E-state index is 12.6. The van der Waals surface area contributed by atoms with Crippen molar-refractivity contribution in [2.45, 2.75) is 6.42 Å². The monoisotopic (exact) mass is 385 g/mol. The summed E-state index contributed by atoms with van der Waals surface area (Å²) in [5, 5.41) is 10.5. The summed E-state index contributed by atoms with van der Waals surface area (Å²) in [7, 11) is 3.15. The average Bonchev–Trinajstić information content (AvgIpc) is 3.19. The van der Waals surface area contributed by atoms with Crippen molar-refractivity contribution in [3.8, 4) is 22.8 Å². The molecule has 0 aliphatic carbocycles. The van der Waals surface area contributed by atoms with Gasteiger partial charge >= 0.3 is 0 Å².